The summed E-state index contributed by atoms with van der Waals surface area (Å²) in [4.78, 5) is 29.2. The van der Waals surface area contributed by atoms with E-state index in [1.54, 1.807) is 6.20 Å². The van der Waals surface area contributed by atoms with E-state index in [-0.39, 0.29) is 5.95 Å². The largest absolute Gasteiger partial charge is 0.480 e. The van der Waals surface area contributed by atoms with Crippen molar-refractivity contribution in [1.29, 1.82) is 0 Å². The minimum Gasteiger partial charge on any atom is -0.480 e. The van der Waals surface area contributed by atoms with Crippen molar-refractivity contribution in [2.45, 2.75) is 19.3 Å². The molecule has 15 heavy (non-hydrogen) atoms. The fraction of sp³-hybridized carbons (Fsp3) is 0.444. The number of hydrogen-bond acceptors (Lipinski definition) is 3. The Morgan fingerprint density at radius 3 is 2.67 bits per heavy atom. The number of imidazole rings is 1. The van der Waals surface area contributed by atoms with Crippen molar-refractivity contribution in [2.24, 2.45) is 5.41 Å². The molecule has 0 aromatic carbocycles. The average Bonchev–Trinajstić information content (AvgIpc) is 2.53. The van der Waals surface area contributed by atoms with Crippen molar-refractivity contribution in [3.05, 3.63) is 12.4 Å². The number of aliphatic carboxylic acids is 1. The highest BCUT2D eigenvalue weighted by molar-refractivity contribution is 6.08. The SMILES string of the molecule is O=C(O)C1(C(=O)Nc2ncc[nH]2)CCC1. The van der Waals surface area contributed by atoms with E-state index < -0.39 is 17.3 Å². The number of rotatable bonds is 3. The predicted octanol–water partition coefficient (Wildman–Crippen LogP) is 0.603. The Labute approximate surface area is 85.7 Å². The van der Waals surface area contributed by atoms with Crippen LogP contribution in [-0.2, 0) is 9.59 Å². The van der Waals surface area contributed by atoms with Gasteiger partial charge in [0.1, 0.15) is 5.41 Å². The monoisotopic (exact) mass is 209 g/mol. The van der Waals surface area contributed by atoms with Gasteiger partial charge in [-0.25, -0.2) is 4.98 Å². The molecule has 0 unspecified atom stereocenters. The van der Waals surface area contributed by atoms with E-state index in [9.17, 15) is 9.59 Å². The molecule has 0 aliphatic heterocycles. The molecule has 1 amide bonds. The van der Waals surface area contributed by atoms with Gasteiger partial charge >= 0.3 is 5.97 Å². The zero-order valence-electron chi connectivity index (χ0n) is 7.99. The van der Waals surface area contributed by atoms with Crippen molar-refractivity contribution in [3.8, 4) is 0 Å². The summed E-state index contributed by atoms with van der Waals surface area (Å²) in [6, 6.07) is 0. The molecule has 0 bridgehead atoms. The Bertz CT molecular complexity index is 381. The van der Waals surface area contributed by atoms with Gasteiger partial charge in [-0.3, -0.25) is 14.9 Å². The molecule has 0 saturated heterocycles. The van der Waals surface area contributed by atoms with Crippen molar-refractivity contribution in [3.63, 3.8) is 0 Å². The summed E-state index contributed by atoms with van der Waals surface area (Å²) in [5, 5.41) is 11.5. The van der Waals surface area contributed by atoms with Crippen LogP contribution in [0.1, 0.15) is 19.3 Å². The molecule has 1 fully saturated rings. The summed E-state index contributed by atoms with van der Waals surface area (Å²) in [5.74, 6) is -1.26. The van der Waals surface area contributed by atoms with Gasteiger partial charge in [0.15, 0.2) is 0 Å². The first-order chi connectivity index (χ1) is 7.15. The van der Waals surface area contributed by atoms with Crippen LogP contribution in [0.15, 0.2) is 12.4 Å². The summed E-state index contributed by atoms with van der Waals surface area (Å²) in [7, 11) is 0. The van der Waals surface area contributed by atoms with Gasteiger partial charge in [-0.1, -0.05) is 6.42 Å². The van der Waals surface area contributed by atoms with Crippen molar-refractivity contribution >= 4 is 17.8 Å². The van der Waals surface area contributed by atoms with Gasteiger partial charge in [-0.2, -0.15) is 0 Å². The predicted molar refractivity (Wildman–Crippen MR) is 51.1 cm³/mol. The van der Waals surface area contributed by atoms with E-state index >= 15 is 0 Å². The molecular formula is C9H11N3O3. The van der Waals surface area contributed by atoms with Crippen molar-refractivity contribution in [2.75, 3.05) is 5.32 Å². The molecule has 1 heterocycles. The van der Waals surface area contributed by atoms with E-state index in [1.807, 2.05) is 0 Å². The summed E-state index contributed by atoms with van der Waals surface area (Å²) in [5.41, 5.74) is -1.24. The zero-order chi connectivity index (χ0) is 10.9. The zero-order valence-corrected chi connectivity index (χ0v) is 7.99. The molecule has 6 heteroatoms. The molecular weight excluding hydrogens is 198 g/mol. The molecule has 1 aliphatic rings. The van der Waals surface area contributed by atoms with Gasteiger partial charge in [0, 0.05) is 12.4 Å². The first-order valence-electron chi connectivity index (χ1n) is 4.69. The Morgan fingerprint density at radius 2 is 2.27 bits per heavy atom. The summed E-state index contributed by atoms with van der Waals surface area (Å²) in [6.45, 7) is 0. The topological polar surface area (TPSA) is 95.1 Å². The lowest BCUT2D eigenvalue weighted by Gasteiger charge is -2.35. The number of aromatic amines is 1. The third-order valence-electron chi connectivity index (χ3n) is 2.78. The number of carbonyl (C=O) groups is 2. The van der Waals surface area contributed by atoms with Crippen LogP contribution < -0.4 is 5.32 Å². The number of nitrogens with one attached hydrogen (secondary N) is 2. The normalized spacial score (nSPS) is 17.9. The molecule has 0 radical (unpaired) electrons. The smallest absolute Gasteiger partial charge is 0.319 e. The van der Waals surface area contributed by atoms with E-state index in [1.165, 1.54) is 6.20 Å². The van der Waals surface area contributed by atoms with Crippen LogP contribution in [-0.4, -0.2) is 27.0 Å². The van der Waals surface area contributed by atoms with Crippen LogP contribution >= 0.6 is 0 Å². The molecule has 1 aromatic rings. The summed E-state index contributed by atoms with van der Waals surface area (Å²) < 4.78 is 0. The van der Waals surface area contributed by atoms with Crippen LogP contribution in [0.25, 0.3) is 0 Å². The molecule has 80 valence electrons. The highest BCUT2D eigenvalue weighted by Gasteiger charge is 2.51. The fourth-order valence-electron chi connectivity index (χ4n) is 1.63. The molecule has 1 saturated carbocycles. The van der Waals surface area contributed by atoms with Gasteiger partial charge in [-0.15, -0.1) is 0 Å². The van der Waals surface area contributed by atoms with Crippen LogP contribution in [0.2, 0.25) is 0 Å². The maximum absolute atomic E-state index is 11.7. The molecule has 0 spiro atoms. The minimum absolute atomic E-state index is 0.285. The van der Waals surface area contributed by atoms with Crippen LogP contribution in [0.4, 0.5) is 5.95 Å². The molecule has 0 atom stereocenters. The number of aromatic nitrogens is 2. The van der Waals surface area contributed by atoms with Gasteiger partial charge < -0.3 is 10.1 Å². The number of amides is 1. The minimum atomic E-state index is -1.24. The summed E-state index contributed by atoms with van der Waals surface area (Å²) >= 11 is 0. The summed E-state index contributed by atoms with van der Waals surface area (Å²) in [6.07, 6.45) is 4.62. The third kappa shape index (κ3) is 1.47. The lowest BCUT2D eigenvalue weighted by atomic mass is 9.68. The van der Waals surface area contributed by atoms with Crippen LogP contribution in [0.5, 0.6) is 0 Å². The Kier molecular flexibility index (Phi) is 2.18. The molecule has 2 rings (SSSR count). The van der Waals surface area contributed by atoms with Gasteiger partial charge in [0.2, 0.25) is 11.9 Å². The number of anilines is 1. The number of H-pyrrole nitrogens is 1. The highest BCUT2D eigenvalue weighted by Crippen LogP contribution is 2.41. The number of hydrogen-bond donors (Lipinski definition) is 3. The Morgan fingerprint density at radius 1 is 1.53 bits per heavy atom. The van der Waals surface area contributed by atoms with E-state index in [4.69, 9.17) is 5.11 Å². The Hall–Kier alpha value is -1.85. The number of nitrogens with zero attached hydrogens (tertiary/aromatic N) is 1. The lowest BCUT2D eigenvalue weighted by molar-refractivity contribution is -0.159. The van der Waals surface area contributed by atoms with E-state index in [0.29, 0.717) is 12.8 Å². The van der Waals surface area contributed by atoms with Crippen LogP contribution in [0, 0.1) is 5.41 Å². The molecule has 3 N–H and O–H groups in total. The average molecular weight is 209 g/mol. The van der Waals surface area contributed by atoms with Crippen LogP contribution in [0.3, 0.4) is 0 Å². The highest BCUT2D eigenvalue weighted by atomic mass is 16.4. The standard InChI is InChI=1S/C9H11N3O3/c13-6(12-8-10-4-5-11-8)9(7(14)15)2-1-3-9/h4-5H,1-3H2,(H,14,15)(H2,10,11,12,13). The number of carboxylic acid groups (broad SMARTS) is 1. The number of carboxylic acids is 1. The second kappa shape index (κ2) is 3.38. The number of carbonyl (C=O) groups excluding carboxylic acids is 1. The second-order valence-electron chi connectivity index (χ2n) is 3.63. The first kappa shape index (κ1) is 9.70. The molecule has 1 aromatic heterocycles. The maximum Gasteiger partial charge on any atom is 0.319 e. The van der Waals surface area contributed by atoms with Gasteiger partial charge in [0.25, 0.3) is 0 Å². The van der Waals surface area contributed by atoms with E-state index in [0.717, 1.165) is 6.42 Å². The van der Waals surface area contributed by atoms with Gasteiger partial charge in [0.05, 0.1) is 0 Å². The first-order valence-corrected chi connectivity index (χ1v) is 4.69. The maximum atomic E-state index is 11.7. The fourth-order valence-corrected chi connectivity index (χ4v) is 1.63. The Balaban J connectivity index is 2.10. The molecule has 1 aliphatic carbocycles. The second-order valence-corrected chi connectivity index (χ2v) is 3.63. The van der Waals surface area contributed by atoms with Crippen molar-refractivity contribution < 1.29 is 14.7 Å². The third-order valence-corrected chi connectivity index (χ3v) is 2.78. The quantitative estimate of drug-likeness (QED) is 0.635. The van der Waals surface area contributed by atoms with Gasteiger partial charge in [-0.05, 0) is 12.8 Å². The molecule has 6 nitrogen and oxygen atoms in total. The van der Waals surface area contributed by atoms with E-state index in [2.05, 4.69) is 15.3 Å². The van der Waals surface area contributed by atoms with Crippen molar-refractivity contribution in [1.82, 2.24) is 9.97 Å². The lowest BCUT2D eigenvalue weighted by Crippen LogP contribution is -2.48.